The number of nitrogens with one attached hydrogen (secondary N) is 2. The van der Waals surface area contributed by atoms with Crippen molar-refractivity contribution in [2.24, 2.45) is 5.92 Å². The Labute approximate surface area is 141 Å². The lowest BCUT2D eigenvalue weighted by atomic mass is 9.90. The second-order valence-electron chi connectivity index (χ2n) is 6.38. The number of likely N-dealkylation sites (tertiary alicyclic amines) is 1. The first kappa shape index (κ1) is 16.6. The Hall–Kier alpha value is -2.21. The van der Waals surface area contributed by atoms with E-state index in [0.717, 1.165) is 38.9 Å². The molecule has 0 aliphatic carbocycles. The van der Waals surface area contributed by atoms with Crippen LogP contribution in [0.2, 0.25) is 0 Å². The quantitative estimate of drug-likeness (QED) is 0.856. The van der Waals surface area contributed by atoms with Crippen molar-refractivity contribution in [1.82, 2.24) is 15.1 Å². The second-order valence-corrected chi connectivity index (χ2v) is 6.38. The SMILES string of the molecule is O=C(CCN1CCC(Cc2ccc(F)cc2)CC1)Nc1ccn[nH]1. The molecule has 2 aromatic rings. The van der Waals surface area contributed by atoms with Gasteiger partial charge in [0.2, 0.25) is 5.91 Å². The molecule has 5 nitrogen and oxygen atoms in total. The average Bonchev–Trinajstić information content (AvgIpc) is 3.09. The molecule has 1 aliphatic heterocycles. The first-order chi connectivity index (χ1) is 11.7. The molecule has 0 radical (unpaired) electrons. The van der Waals surface area contributed by atoms with E-state index in [0.29, 0.717) is 18.2 Å². The van der Waals surface area contributed by atoms with Crippen molar-refractivity contribution in [3.8, 4) is 0 Å². The maximum Gasteiger partial charge on any atom is 0.226 e. The van der Waals surface area contributed by atoms with Gasteiger partial charge in [-0.05, 0) is 56.0 Å². The number of amides is 1. The molecular weight excluding hydrogens is 307 g/mol. The van der Waals surface area contributed by atoms with E-state index in [-0.39, 0.29) is 11.7 Å². The fourth-order valence-electron chi connectivity index (χ4n) is 3.17. The maximum atomic E-state index is 12.9. The molecule has 128 valence electrons. The van der Waals surface area contributed by atoms with Gasteiger partial charge in [-0.25, -0.2) is 4.39 Å². The summed E-state index contributed by atoms with van der Waals surface area (Å²) in [6, 6.07) is 8.55. The monoisotopic (exact) mass is 330 g/mol. The lowest BCUT2D eigenvalue weighted by Gasteiger charge is -2.31. The zero-order chi connectivity index (χ0) is 16.8. The Balaban J connectivity index is 1.36. The highest BCUT2D eigenvalue weighted by Gasteiger charge is 2.20. The van der Waals surface area contributed by atoms with E-state index in [1.54, 1.807) is 12.3 Å². The number of piperidine rings is 1. The van der Waals surface area contributed by atoms with Crippen molar-refractivity contribution >= 4 is 11.7 Å². The number of aromatic amines is 1. The van der Waals surface area contributed by atoms with E-state index in [9.17, 15) is 9.18 Å². The first-order valence-electron chi connectivity index (χ1n) is 8.45. The maximum absolute atomic E-state index is 12.9. The molecule has 1 aromatic heterocycles. The van der Waals surface area contributed by atoms with Crippen LogP contribution in [0.15, 0.2) is 36.5 Å². The number of carbonyl (C=O) groups is 1. The summed E-state index contributed by atoms with van der Waals surface area (Å²) in [6.07, 6.45) is 5.36. The van der Waals surface area contributed by atoms with Crippen molar-refractivity contribution in [2.45, 2.75) is 25.7 Å². The smallest absolute Gasteiger partial charge is 0.226 e. The average molecular weight is 330 g/mol. The van der Waals surface area contributed by atoms with Crippen molar-refractivity contribution in [3.63, 3.8) is 0 Å². The first-order valence-corrected chi connectivity index (χ1v) is 8.45. The summed E-state index contributed by atoms with van der Waals surface area (Å²) in [6.45, 7) is 2.82. The van der Waals surface area contributed by atoms with E-state index in [1.807, 2.05) is 12.1 Å². The third kappa shape index (κ3) is 4.89. The molecule has 6 heteroatoms. The minimum absolute atomic E-state index is 0.00712. The van der Waals surface area contributed by atoms with Gasteiger partial charge >= 0.3 is 0 Å². The topological polar surface area (TPSA) is 61.0 Å². The standard InChI is InChI=1S/C18H23FN4O/c19-16-3-1-14(2-4-16)13-15-6-10-23(11-7-15)12-8-18(24)21-17-5-9-20-22-17/h1-5,9,15H,6-8,10-13H2,(H2,20,21,22,24). The summed E-state index contributed by atoms with van der Waals surface area (Å²) < 4.78 is 12.9. The highest BCUT2D eigenvalue weighted by molar-refractivity contribution is 5.89. The van der Waals surface area contributed by atoms with Crippen LogP contribution in [0.1, 0.15) is 24.8 Å². The minimum atomic E-state index is -0.179. The molecule has 24 heavy (non-hydrogen) atoms. The summed E-state index contributed by atoms with van der Waals surface area (Å²) in [5.41, 5.74) is 1.20. The van der Waals surface area contributed by atoms with Crippen molar-refractivity contribution in [3.05, 3.63) is 47.9 Å². The van der Waals surface area contributed by atoms with Gasteiger partial charge in [-0.2, -0.15) is 5.10 Å². The van der Waals surface area contributed by atoms with Crippen LogP contribution in [-0.4, -0.2) is 40.6 Å². The molecule has 1 saturated heterocycles. The molecule has 0 saturated carbocycles. The molecule has 2 N–H and O–H groups in total. The molecule has 1 fully saturated rings. The highest BCUT2D eigenvalue weighted by Crippen LogP contribution is 2.22. The van der Waals surface area contributed by atoms with Crippen LogP contribution in [0.3, 0.4) is 0 Å². The van der Waals surface area contributed by atoms with Gasteiger partial charge < -0.3 is 10.2 Å². The number of aromatic nitrogens is 2. The van der Waals surface area contributed by atoms with E-state index >= 15 is 0 Å². The molecule has 1 aromatic carbocycles. The fraction of sp³-hybridized carbons (Fsp3) is 0.444. The van der Waals surface area contributed by atoms with Crippen molar-refractivity contribution < 1.29 is 9.18 Å². The van der Waals surface area contributed by atoms with E-state index in [1.165, 1.54) is 17.7 Å². The van der Waals surface area contributed by atoms with Crippen LogP contribution in [0.5, 0.6) is 0 Å². The molecule has 0 bridgehead atoms. The zero-order valence-electron chi connectivity index (χ0n) is 13.7. The van der Waals surface area contributed by atoms with Gasteiger partial charge in [0.05, 0.1) is 6.20 Å². The van der Waals surface area contributed by atoms with E-state index < -0.39 is 0 Å². The van der Waals surface area contributed by atoms with Crippen LogP contribution in [0, 0.1) is 11.7 Å². The Morgan fingerprint density at radius 1 is 1.25 bits per heavy atom. The number of benzene rings is 1. The Morgan fingerprint density at radius 3 is 2.67 bits per heavy atom. The fourth-order valence-corrected chi connectivity index (χ4v) is 3.17. The van der Waals surface area contributed by atoms with Gasteiger partial charge in [0, 0.05) is 19.0 Å². The van der Waals surface area contributed by atoms with Gasteiger partial charge in [0.25, 0.3) is 0 Å². The van der Waals surface area contributed by atoms with Gasteiger partial charge in [0.15, 0.2) is 0 Å². The minimum Gasteiger partial charge on any atom is -0.311 e. The van der Waals surface area contributed by atoms with Gasteiger partial charge in [-0.15, -0.1) is 0 Å². The Morgan fingerprint density at radius 2 is 2.00 bits per heavy atom. The normalized spacial score (nSPS) is 16.2. The van der Waals surface area contributed by atoms with Crippen molar-refractivity contribution in [1.29, 1.82) is 0 Å². The molecule has 0 spiro atoms. The summed E-state index contributed by atoms with van der Waals surface area (Å²) in [7, 11) is 0. The number of nitrogens with zero attached hydrogens (tertiary/aromatic N) is 2. The van der Waals surface area contributed by atoms with Crippen LogP contribution in [0.25, 0.3) is 0 Å². The van der Waals surface area contributed by atoms with Crippen LogP contribution >= 0.6 is 0 Å². The molecule has 1 aliphatic rings. The third-order valence-electron chi connectivity index (χ3n) is 4.57. The number of rotatable bonds is 6. The lowest BCUT2D eigenvalue weighted by molar-refractivity contribution is -0.116. The highest BCUT2D eigenvalue weighted by atomic mass is 19.1. The van der Waals surface area contributed by atoms with Crippen LogP contribution < -0.4 is 5.32 Å². The zero-order valence-corrected chi connectivity index (χ0v) is 13.7. The van der Waals surface area contributed by atoms with E-state index in [2.05, 4.69) is 20.4 Å². The molecule has 1 amide bonds. The second kappa shape index (κ2) is 8.06. The molecule has 2 heterocycles. The third-order valence-corrected chi connectivity index (χ3v) is 4.57. The summed E-state index contributed by atoms with van der Waals surface area (Å²) in [4.78, 5) is 14.2. The Kier molecular flexibility index (Phi) is 5.59. The predicted molar refractivity (Wildman–Crippen MR) is 91.1 cm³/mol. The summed E-state index contributed by atoms with van der Waals surface area (Å²) >= 11 is 0. The van der Waals surface area contributed by atoms with Gasteiger partial charge in [-0.1, -0.05) is 12.1 Å². The largest absolute Gasteiger partial charge is 0.311 e. The predicted octanol–water partition coefficient (Wildman–Crippen LogP) is 2.83. The van der Waals surface area contributed by atoms with E-state index in [4.69, 9.17) is 0 Å². The van der Waals surface area contributed by atoms with Gasteiger partial charge in [-0.3, -0.25) is 9.89 Å². The lowest BCUT2D eigenvalue weighted by Crippen LogP contribution is -2.36. The summed E-state index contributed by atoms with van der Waals surface area (Å²) in [5.74, 6) is 1.11. The van der Waals surface area contributed by atoms with Crippen LogP contribution in [-0.2, 0) is 11.2 Å². The number of hydrogen-bond donors (Lipinski definition) is 2. The Bertz CT molecular complexity index is 634. The van der Waals surface area contributed by atoms with Crippen molar-refractivity contribution in [2.75, 3.05) is 25.0 Å². The van der Waals surface area contributed by atoms with Crippen LogP contribution in [0.4, 0.5) is 10.2 Å². The molecular formula is C18H23FN4O. The number of hydrogen-bond acceptors (Lipinski definition) is 3. The number of halogens is 1. The molecule has 0 unspecified atom stereocenters. The molecule has 0 atom stereocenters. The summed E-state index contributed by atoms with van der Waals surface area (Å²) in [5, 5.41) is 9.31. The van der Waals surface area contributed by atoms with Gasteiger partial charge in [0.1, 0.15) is 11.6 Å². The molecule has 3 rings (SSSR count). The number of anilines is 1. The number of carbonyl (C=O) groups excluding carboxylic acids is 1. The number of H-pyrrole nitrogens is 1.